The highest BCUT2D eigenvalue weighted by molar-refractivity contribution is 5.94. The van der Waals surface area contributed by atoms with Gasteiger partial charge in [-0.1, -0.05) is 24.3 Å². The van der Waals surface area contributed by atoms with Crippen molar-refractivity contribution in [1.82, 2.24) is 25.5 Å². The van der Waals surface area contributed by atoms with Crippen molar-refractivity contribution in [3.8, 4) is 11.5 Å². The van der Waals surface area contributed by atoms with E-state index in [1.807, 2.05) is 30.3 Å². The van der Waals surface area contributed by atoms with Crippen LogP contribution in [-0.4, -0.2) is 45.9 Å². The summed E-state index contributed by atoms with van der Waals surface area (Å²) in [5.74, 6) is 1.36. The van der Waals surface area contributed by atoms with E-state index in [9.17, 15) is 4.79 Å². The molecule has 138 valence electrons. The molecule has 2 heterocycles. The van der Waals surface area contributed by atoms with Crippen molar-refractivity contribution in [3.05, 3.63) is 65.5 Å². The standard InChI is InChI=1S/C19H19N5O3/c1-26-17-4-2-3-15-9-16(11-27-18(15)17)21-19(25)14-7-5-13(6-8-14)10-24-12-20-22-23-24/h2-8,12,16H,9-11H2,1H3,(H,21,25). The third-order valence-corrected chi connectivity index (χ3v) is 4.46. The topological polar surface area (TPSA) is 91.2 Å². The van der Waals surface area contributed by atoms with Crippen molar-refractivity contribution in [2.75, 3.05) is 13.7 Å². The van der Waals surface area contributed by atoms with Gasteiger partial charge in [0.25, 0.3) is 5.91 Å². The van der Waals surface area contributed by atoms with Gasteiger partial charge in [0.05, 0.1) is 19.7 Å². The number of tetrazole rings is 1. The summed E-state index contributed by atoms with van der Waals surface area (Å²) in [4.78, 5) is 12.5. The van der Waals surface area contributed by atoms with Crippen LogP contribution in [0.25, 0.3) is 0 Å². The minimum Gasteiger partial charge on any atom is -0.493 e. The second-order valence-corrected chi connectivity index (χ2v) is 6.34. The third-order valence-electron chi connectivity index (χ3n) is 4.46. The van der Waals surface area contributed by atoms with Gasteiger partial charge in [-0.15, -0.1) is 5.10 Å². The van der Waals surface area contributed by atoms with Crippen LogP contribution < -0.4 is 14.8 Å². The minimum atomic E-state index is -0.121. The predicted octanol–water partition coefficient (Wildman–Crippen LogP) is 1.46. The number of carbonyl (C=O) groups is 1. The lowest BCUT2D eigenvalue weighted by Crippen LogP contribution is -2.42. The molecule has 0 saturated carbocycles. The maximum atomic E-state index is 12.5. The third kappa shape index (κ3) is 3.74. The number of benzene rings is 2. The van der Waals surface area contributed by atoms with Crippen LogP contribution in [0.15, 0.2) is 48.8 Å². The Morgan fingerprint density at radius 1 is 1.30 bits per heavy atom. The van der Waals surface area contributed by atoms with Gasteiger partial charge >= 0.3 is 0 Å². The van der Waals surface area contributed by atoms with Crippen molar-refractivity contribution < 1.29 is 14.3 Å². The Bertz CT molecular complexity index is 925. The first kappa shape index (κ1) is 17.0. The summed E-state index contributed by atoms with van der Waals surface area (Å²) in [6, 6.07) is 13.1. The van der Waals surface area contributed by atoms with Crippen LogP contribution in [-0.2, 0) is 13.0 Å². The lowest BCUT2D eigenvalue weighted by atomic mass is 10.0. The SMILES string of the molecule is COc1cccc2c1OCC(NC(=O)c1ccc(Cn3cnnn3)cc1)C2. The first-order chi connectivity index (χ1) is 13.2. The quantitative estimate of drug-likeness (QED) is 0.736. The number of ether oxygens (including phenoxy) is 2. The maximum absolute atomic E-state index is 12.5. The Balaban J connectivity index is 1.39. The van der Waals surface area contributed by atoms with Crippen molar-refractivity contribution in [2.24, 2.45) is 0 Å². The second-order valence-electron chi connectivity index (χ2n) is 6.34. The molecular weight excluding hydrogens is 346 g/mol. The zero-order valence-electron chi connectivity index (χ0n) is 14.8. The molecule has 8 nitrogen and oxygen atoms in total. The molecule has 0 aliphatic carbocycles. The molecule has 8 heteroatoms. The summed E-state index contributed by atoms with van der Waals surface area (Å²) >= 11 is 0. The summed E-state index contributed by atoms with van der Waals surface area (Å²) < 4.78 is 12.8. The van der Waals surface area contributed by atoms with Crippen molar-refractivity contribution in [2.45, 2.75) is 19.0 Å². The van der Waals surface area contributed by atoms with Crippen LogP contribution in [0, 0.1) is 0 Å². The van der Waals surface area contributed by atoms with Crippen LogP contribution in [0.5, 0.6) is 11.5 Å². The Morgan fingerprint density at radius 2 is 2.15 bits per heavy atom. The van der Waals surface area contributed by atoms with Crippen molar-refractivity contribution in [3.63, 3.8) is 0 Å². The molecule has 27 heavy (non-hydrogen) atoms. The van der Waals surface area contributed by atoms with Crippen LogP contribution in [0.2, 0.25) is 0 Å². The minimum absolute atomic E-state index is 0.0852. The number of methoxy groups -OCH3 is 1. The van der Waals surface area contributed by atoms with Crippen LogP contribution >= 0.6 is 0 Å². The highest BCUT2D eigenvalue weighted by Crippen LogP contribution is 2.34. The molecule has 1 unspecified atom stereocenters. The zero-order valence-corrected chi connectivity index (χ0v) is 14.8. The number of hydrogen-bond acceptors (Lipinski definition) is 6. The van der Waals surface area contributed by atoms with Gasteiger partial charge in [-0.25, -0.2) is 4.68 Å². The summed E-state index contributed by atoms with van der Waals surface area (Å²) in [6.07, 6.45) is 2.26. The summed E-state index contributed by atoms with van der Waals surface area (Å²) in [5.41, 5.74) is 2.65. The van der Waals surface area contributed by atoms with Gasteiger partial charge in [0.2, 0.25) is 0 Å². The fraction of sp³-hybridized carbons (Fsp3) is 0.263. The first-order valence-corrected chi connectivity index (χ1v) is 8.62. The molecule has 3 aromatic rings. The highest BCUT2D eigenvalue weighted by Gasteiger charge is 2.24. The number of fused-ring (bicyclic) bond motifs is 1. The average Bonchev–Trinajstić information content (AvgIpc) is 3.21. The van der Waals surface area contributed by atoms with Crippen LogP contribution in [0.4, 0.5) is 0 Å². The van der Waals surface area contributed by atoms with E-state index in [1.54, 1.807) is 30.3 Å². The van der Waals surface area contributed by atoms with Gasteiger partial charge in [-0.2, -0.15) is 0 Å². The number of rotatable bonds is 5. The summed E-state index contributed by atoms with van der Waals surface area (Å²) in [6.45, 7) is 0.973. The molecular formula is C19H19N5O3. The lowest BCUT2D eigenvalue weighted by Gasteiger charge is -2.27. The van der Waals surface area contributed by atoms with Gasteiger partial charge in [0.15, 0.2) is 11.5 Å². The molecule has 0 spiro atoms. The Morgan fingerprint density at radius 3 is 2.89 bits per heavy atom. The Hall–Kier alpha value is -3.42. The fourth-order valence-corrected chi connectivity index (χ4v) is 3.12. The molecule has 0 bridgehead atoms. The summed E-state index contributed by atoms with van der Waals surface area (Å²) in [7, 11) is 1.62. The number of aromatic nitrogens is 4. The molecule has 2 aromatic carbocycles. The number of amides is 1. The van der Waals surface area contributed by atoms with E-state index >= 15 is 0 Å². The number of nitrogens with zero attached hydrogens (tertiary/aromatic N) is 4. The van der Waals surface area contributed by atoms with E-state index in [-0.39, 0.29) is 11.9 Å². The van der Waals surface area contributed by atoms with Gasteiger partial charge in [-0.3, -0.25) is 4.79 Å². The van der Waals surface area contributed by atoms with E-state index in [0.29, 0.717) is 25.1 Å². The molecule has 0 saturated heterocycles. The largest absolute Gasteiger partial charge is 0.493 e. The van der Waals surface area contributed by atoms with E-state index in [1.165, 1.54) is 0 Å². The molecule has 1 amide bonds. The molecule has 1 aromatic heterocycles. The number of para-hydroxylation sites is 1. The predicted molar refractivity (Wildman–Crippen MR) is 96.8 cm³/mol. The summed E-state index contributed by atoms with van der Waals surface area (Å²) in [5, 5.41) is 14.1. The molecule has 1 atom stereocenters. The Labute approximate surface area is 156 Å². The number of carbonyl (C=O) groups excluding carboxylic acids is 1. The van der Waals surface area contributed by atoms with E-state index in [4.69, 9.17) is 9.47 Å². The van der Waals surface area contributed by atoms with E-state index in [2.05, 4.69) is 20.8 Å². The molecule has 0 radical (unpaired) electrons. The molecule has 1 N–H and O–H groups in total. The maximum Gasteiger partial charge on any atom is 0.251 e. The molecule has 0 fully saturated rings. The molecule has 1 aliphatic rings. The van der Waals surface area contributed by atoms with Crippen LogP contribution in [0.1, 0.15) is 21.5 Å². The smallest absolute Gasteiger partial charge is 0.251 e. The van der Waals surface area contributed by atoms with Gasteiger partial charge in [0, 0.05) is 11.1 Å². The normalized spacial score (nSPS) is 15.5. The Kier molecular flexibility index (Phi) is 4.69. The average molecular weight is 365 g/mol. The first-order valence-electron chi connectivity index (χ1n) is 8.62. The number of nitrogens with one attached hydrogen (secondary N) is 1. The van der Waals surface area contributed by atoms with Crippen LogP contribution in [0.3, 0.4) is 0 Å². The van der Waals surface area contributed by atoms with Gasteiger partial charge < -0.3 is 14.8 Å². The van der Waals surface area contributed by atoms with Gasteiger partial charge in [0.1, 0.15) is 12.9 Å². The van der Waals surface area contributed by atoms with Crippen molar-refractivity contribution >= 4 is 5.91 Å². The van der Waals surface area contributed by atoms with Crippen molar-refractivity contribution in [1.29, 1.82) is 0 Å². The zero-order chi connectivity index (χ0) is 18.6. The van der Waals surface area contributed by atoms with Gasteiger partial charge in [-0.05, 0) is 40.6 Å². The lowest BCUT2D eigenvalue weighted by molar-refractivity contribution is 0.0914. The second kappa shape index (κ2) is 7.45. The monoisotopic (exact) mass is 365 g/mol. The van der Waals surface area contributed by atoms with E-state index < -0.39 is 0 Å². The molecule has 4 rings (SSSR count). The molecule has 1 aliphatic heterocycles. The van der Waals surface area contributed by atoms with E-state index in [0.717, 1.165) is 22.6 Å². The number of hydrogen-bond donors (Lipinski definition) is 1. The highest BCUT2D eigenvalue weighted by atomic mass is 16.5. The fourth-order valence-electron chi connectivity index (χ4n) is 3.12.